The Morgan fingerprint density at radius 3 is 2.87 bits per heavy atom. The van der Waals surface area contributed by atoms with E-state index in [1.807, 2.05) is 19.9 Å². The summed E-state index contributed by atoms with van der Waals surface area (Å²) in [5.41, 5.74) is 10.5. The number of nitrogen functional groups attached to an aromatic ring is 1. The summed E-state index contributed by atoms with van der Waals surface area (Å²) < 4.78 is 6.75. The van der Waals surface area contributed by atoms with Crippen LogP contribution in [0.2, 0.25) is 0 Å². The van der Waals surface area contributed by atoms with E-state index in [-0.39, 0.29) is 11.9 Å². The molecule has 4 aromatic rings. The standard InChI is InChI=1S/C23H23N5O2S/c1-13(2)28-12-19(30-27-28)26-22(29)21-20(24)17-11-16-10-15(14-6-4-3-5-7-14)8-9-18(16)25-23(17)31-21/h3-7,11-13,15H,8-10H2,1-2H3,(H2-,24,26,27,29). The minimum atomic E-state index is -0.437. The molecule has 8 heteroatoms. The topological polar surface area (TPSA) is 104 Å². The number of fused-ring (bicyclic) bond motifs is 2. The molecule has 0 fully saturated rings. The first kappa shape index (κ1) is 19.7. The SMILES string of the molecule is CC(C)[n+]1cc(/N=C(\[O-])c2sc3nc4c(cc3c2N)CC(c2ccccc2)CC4)on1. The minimum absolute atomic E-state index is 0.118. The molecule has 1 aliphatic carbocycles. The van der Waals surface area contributed by atoms with Gasteiger partial charge in [-0.25, -0.2) is 9.98 Å². The Hall–Kier alpha value is -3.26. The molecule has 3 aromatic heterocycles. The third-order valence-corrected chi connectivity index (χ3v) is 6.87. The highest BCUT2D eigenvalue weighted by Gasteiger charge is 2.23. The Kier molecular flexibility index (Phi) is 4.94. The monoisotopic (exact) mass is 433 g/mol. The second-order valence-electron chi connectivity index (χ2n) is 8.17. The van der Waals surface area contributed by atoms with Crippen LogP contribution < -0.4 is 15.5 Å². The van der Waals surface area contributed by atoms with Gasteiger partial charge in [-0.2, -0.15) is 0 Å². The van der Waals surface area contributed by atoms with Crippen molar-refractivity contribution in [1.29, 1.82) is 0 Å². The predicted molar refractivity (Wildman–Crippen MR) is 119 cm³/mol. The van der Waals surface area contributed by atoms with Crippen LogP contribution in [-0.4, -0.2) is 16.2 Å². The van der Waals surface area contributed by atoms with E-state index in [0.29, 0.717) is 16.5 Å². The van der Waals surface area contributed by atoms with Crippen LogP contribution in [0, 0.1) is 0 Å². The molecule has 1 aliphatic rings. The summed E-state index contributed by atoms with van der Waals surface area (Å²) in [4.78, 5) is 10.1. The van der Waals surface area contributed by atoms with Gasteiger partial charge in [-0.1, -0.05) is 30.3 Å². The Morgan fingerprint density at radius 1 is 1.32 bits per heavy atom. The summed E-state index contributed by atoms with van der Waals surface area (Å²) in [7, 11) is 0. The highest BCUT2D eigenvalue weighted by Crippen LogP contribution is 2.38. The van der Waals surface area contributed by atoms with Crippen LogP contribution in [0.5, 0.6) is 0 Å². The summed E-state index contributed by atoms with van der Waals surface area (Å²) in [6.07, 6.45) is 4.52. The van der Waals surface area contributed by atoms with Crippen molar-refractivity contribution in [3.8, 4) is 0 Å². The van der Waals surface area contributed by atoms with Gasteiger partial charge in [-0.05, 0) is 60.9 Å². The number of hydrogen-bond donors (Lipinski definition) is 1. The van der Waals surface area contributed by atoms with Gasteiger partial charge in [0.15, 0.2) is 6.04 Å². The summed E-state index contributed by atoms with van der Waals surface area (Å²) in [5.74, 6) is 0.198. The predicted octanol–water partition coefficient (Wildman–Crippen LogP) is 3.45. The number of hydrogen-bond acceptors (Lipinski definition) is 7. The smallest absolute Gasteiger partial charge is 0.320 e. The van der Waals surface area contributed by atoms with Crippen molar-refractivity contribution in [2.45, 2.75) is 45.1 Å². The fraction of sp³-hybridized carbons (Fsp3) is 0.304. The van der Waals surface area contributed by atoms with Gasteiger partial charge in [0.2, 0.25) is 5.27 Å². The summed E-state index contributed by atoms with van der Waals surface area (Å²) in [6.45, 7) is 3.93. The van der Waals surface area contributed by atoms with Crippen molar-refractivity contribution >= 4 is 39.0 Å². The Bertz CT molecular complexity index is 1280. The van der Waals surface area contributed by atoms with Crippen molar-refractivity contribution in [3.63, 3.8) is 0 Å². The first-order valence-corrected chi connectivity index (χ1v) is 11.2. The number of aryl methyl sites for hydroxylation is 1. The van der Waals surface area contributed by atoms with Crippen LogP contribution in [-0.2, 0) is 12.8 Å². The van der Waals surface area contributed by atoms with E-state index < -0.39 is 5.90 Å². The van der Waals surface area contributed by atoms with Crippen molar-refractivity contribution in [2.24, 2.45) is 4.99 Å². The number of nitrogens with zero attached hydrogens (tertiary/aromatic N) is 4. The fourth-order valence-corrected chi connectivity index (χ4v) is 5.03. The molecule has 3 heterocycles. The molecule has 158 valence electrons. The average Bonchev–Trinajstić information content (AvgIpc) is 3.37. The molecular formula is C23H23N5O2S. The second kappa shape index (κ2) is 7.77. The van der Waals surface area contributed by atoms with Gasteiger partial charge in [-0.3, -0.25) is 4.52 Å². The van der Waals surface area contributed by atoms with Gasteiger partial charge >= 0.3 is 5.88 Å². The molecule has 7 nitrogen and oxygen atoms in total. The normalized spacial score (nSPS) is 16.7. The maximum absolute atomic E-state index is 12.8. The van der Waals surface area contributed by atoms with Crippen LogP contribution in [0.15, 0.2) is 52.1 Å². The number of rotatable bonds is 4. The van der Waals surface area contributed by atoms with E-state index in [1.54, 1.807) is 10.9 Å². The van der Waals surface area contributed by atoms with Gasteiger partial charge in [0.25, 0.3) is 6.20 Å². The van der Waals surface area contributed by atoms with Crippen LogP contribution in [0.3, 0.4) is 0 Å². The number of anilines is 1. The number of benzene rings is 1. The molecule has 5 rings (SSSR count). The molecule has 0 radical (unpaired) electrons. The van der Waals surface area contributed by atoms with E-state index in [2.05, 4.69) is 40.6 Å². The van der Waals surface area contributed by atoms with Gasteiger partial charge in [0.05, 0.1) is 10.6 Å². The lowest BCUT2D eigenvalue weighted by Crippen LogP contribution is -2.36. The lowest BCUT2D eigenvalue weighted by Gasteiger charge is -2.24. The number of thiophene rings is 1. The zero-order chi connectivity index (χ0) is 21.5. The lowest BCUT2D eigenvalue weighted by molar-refractivity contribution is -0.779. The van der Waals surface area contributed by atoms with Crippen LogP contribution in [0.4, 0.5) is 11.6 Å². The Labute approximate surface area is 183 Å². The first-order valence-electron chi connectivity index (χ1n) is 10.4. The third-order valence-electron chi connectivity index (χ3n) is 5.76. The molecule has 2 N–H and O–H groups in total. The molecule has 1 aromatic carbocycles. The molecule has 0 spiro atoms. The molecule has 0 bridgehead atoms. The quantitative estimate of drug-likeness (QED) is 0.302. The van der Waals surface area contributed by atoms with Crippen molar-refractivity contribution in [1.82, 2.24) is 10.3 Å². The van der Waals surface area contributed by atoms with Gasteiger partial charge in [0, 0.05) is 17.0 Å². The number of aromatic nitrogens is 3. The average molecular weight is 434 g/mol. The van der Waals surface area contributed by atoms with E-state index in [4.69, 9.17) is 15.2 Å². The number of aliphatic imine (C=N–C) groups is 1. The molecule has 1 unspecified atom stereocenters. The van der Waals surface area contributed by atoms with Crippen LogP contribution in [0.25, 0.3) is 10.2 Å². The molecule has 0 saturated heterocycles. The van der Waals surface area contributed by atoms with Gasteiger partial charge < -0.3 is 10.8 Å². The molecule has 0 saturated carbocycles. The van der Waals surface area contributed by atoms with Crippen molar-refractivity contribution < 1.29 is 14.3 Å². The number of pyridine rings is 1. The maximum atomic E-state index is 12.8. The molecule has 31 heavy (non-hydrogen) atoms. The second-order valence-corrected chi connectivity index (χ2v) is 9.17. The van der Waals surface area contributed by atoms with Gasteiger partial charge in [0.1, 0.15) is 4.83 Å². The highest BCUT2D eigenvalue weighted by molar-refractivity contribution is 7.21. The summed E-state index contributed by atoms with van der Waals surface area (Å²) in [5, 5.41) is 17.5. The minimum Gasteiger partial charge on any atom is -0.857 e. The third kappa shape index (κ3) is 3.67. The maximum Gasteiger partial charge on any atom is 0.320 e. The van der Waals surface area contributed by atoms with E-state index >= 15 is 0 Å². The van der Waals surface area contributed by atoms with Crippen molar-refractivity contribution in [3.05, 3.63) is 64.3 Å². The van der Waals surface area contributed by atoms with E-state index in [0.717, 1.165) is 35.2 Å². The van der Waals surface area contributed by atoms with Crippen molar-refractivity contribution in [2.75, 3.05) is 5.73 Å². The molecular weight excluding hydrogens is 410 g/mol. The Balaban J connectivity index is 1.48. The molecule has 0 amide bonds. The van der Waals surface area contributed by atoms with Crippen LogP contribution in [0.1, 0.15) is 53.9 Å². The summed E-state index contributed by atoms with van der Waals surface area (Å²) in [6, 6.07) is 12.8. The summed E-state index contributed by atoms with van der Waals surface area (Å²) >= 11 is 1.29. The van der Waals surface area contributed by atoms with E-state index in [9.17, 15) is 5.11 Å². The zero-order valence-electron chi connectivity index (χ0n) is 17.4. The highest BCUT2D eigenvalue weighted by atomic mass is 32.1. The molecule has 0 aliphatic heterocycles. The zero-order valence-corrected chi connectivity index (χ0v) is 18.2. The lowest BCUT2D eigenvalue weighted by atomic mass is 9.82. The Morgan fingerprint density at radius 2 is 2.13 bits per heavy atom. The fourth-order valence-electron chi connectivity index (χ4n) is 4.05. The van der Waals surface area contributed by atoms with Gasteiger partial charge in [-0.15, -0.1) is 11.3 Å². The first-order chi connectivity index (χ1) is 15.0. The number of nitrogens with two attached hydrogens (primary N) is 1. The largest absolute Gasteiger partial charge is 0.857 e. The molecule has 1 atom stereocenters. The van der Waals surface area contributed by atoms with Crippen LogP contribution >= 0.6 is 11.3 Å². The van der Waals surface area contributed by atoms with E-state index in [1.165, 1.54) is 22.5 Å².